The number of carboxylic acids is 2. The normalized spacial score (nSPS) is 11.9. The van der Waals surface area contributed by atoms with Crippen LogP contribution in [0, 0.1) is 11.3 Å². The van der Waals surface area contributed by atoms with Crippen molar-refractivity contribution in [3.8, 4) is 0 Å². The summed E-state index contributed by atoms with van der Waals surface area (Å²) in [5.74, 6) is -2.92. The molecule has 2 N–H and O–H groups in total. The monoisotopic (exact) mass is 222 g/mol. The number of carboxylic acid groups (broad SMARTS) is 2. The minimum atomic E-state index is -1.66. The number of rotatable bonds is 4. The third kappa shape index (κ3) is 4.35. The molecule has 0 fully saturated rings. The van der Waals surface area contributed by atoms with Crippen molar-refractivity contribution in [2.24, 2.45) is 11.3 Å². The zero-order valence-corrected chi connectivity index (χ0v) is 7.50. The number of aliphatic carboxylic acids is 2. The van der Waals surface area contributed by atoms with Crippen LogP contribution in [-0.4, -0.2) is 92.4 Å². The van der Waals surface area contributed by atoms with E-state index in [1.807, 2.05) is 0 Å². The van der Waals surface area contributed by atoms with E-state index in [-0.39, 0.29) is 76.2 Å². The number of carbonyl (C=O) groups is 2. The zero-order chi connectivity index (χ0) is 9.94. The molecule has 0 saturated carbocycles. The van der Waals surface area contributed by atoms with Crippen molar-refractivity contribution in [2.45, 2.75) is 27.2 Å². The molecule has 0 aromatic carbocycles. The Balaban J connectivity index is -0.000000605. The second-order valence-electron chi connectivity index (χ2n) is 3.12. The van der Waals surface area contributed by atoms with Gasteiger partial charge in [0.25, 0.3) is 0 Å². The van der Waals surface area contributed by atoms with Crippen LogP contribution >= 0.6 is 0 Å². The van der Waals surface area contributed by atoms with Gasteiger partial charge in [-0.1, -0.05) is 20.3 Å². The summed E-state index contributed by atoms with van der Waals surface area (Å²) in [5.41, 5.74) is -1.66. The molecule has 0 aliphatic carbocycles. The first-order valence-electron chi connectivity index (χ1n) is 3.84. The third-order valence-corrected chi connectivity index (χ3v) is 2.49. The number of hydrogen-bond donors (Lipinski definition) is 2. The van der Waals surface area contributed by atoms with Crippen molar-refractivity contribution in [3.05, 3.63) is 0 Å². The van der Waals surface area contributed by atoms with Crippen LogP contribution in [0.5, 0.6) is 0 Å². The molecule has 0 aliphatic heterocycles. The average Bonchev–Trinajstić information content (AvgIpc) is 2.00. The summed E-state index contributed by atoms with van der Waals surface area (Å²) in [6.07, 6.45) is 0.537. The van der Waals surface area contributed by atoms with E-state index in [0.717, 1.165) is 0 Å². The van der Waals surface area contributed by atoms with Gasteiger partial charge in [-0.05, 0) is 12.8 Å². The van der Waals surface area contributed by atoms with E-state index in [9.17, 15) is 9.59 Å². The molecule has 0 aromatic heterocycles. The van der Waals surface area contributed by atoms with E-state index in [0.29, 0.717) is 6.42 Å². The Morgan fingerprint density at radius 2 is 1.57 bits per heavy atom. The average molecular weight is 222 g/mol. The predicted octanol–water partition coefficient (Wildman–Crippen LogP) is -0.0890. The molecule has 0 bridgehead atoms. The second kappa shape index (κ2) is 8.34. The van der Waals surface area contributed by atoms with Gasteiger partial charge in [-0.2, -0.15) is 0 Å². The first kappa shape index (κ1) is 20.6. The summed E-state index contributed by atoms with van der Waals surface area (Å²) < 4.78 is 0. The topological polar surface area (TPSA) is 74.6 Å². The van der Waals surface area contributed by atoms with Gasteiger partial charge in [-0.15, -0.1) is 0 Å². The molecule has 0 rings (SSSR count). The second-order valence-corrected chi connectivity index (χ2v) is 3.12. The molecule has 0 aromatic rings. The van der Waals surface area contributed by atoms with Crippen molar-refractivity contribution in [3.63, 3.8) is 0 Å². The van der Waals surface area contributed by atoms with Crippen molar-refractivity contribution < 1.29 is 19.8 Å². The standard InChI is InChI=1S/C8H14O4.K.Li.2H/c1-4-5(2)8(3,6(9)10)7(11)12;;;;/h5H,4H2,1-3H3,(H,9,10)(H,11,12);;;;. The maximum absolute atomic E-state index is 10.7. The fourth-order valence-corrected chi connectivity index (χ4v) is 0.921. The van der Waals surface area contributed by atoms with Gasteiger partial charge in [-0.3, -0.25) is 9.59 Å². The Bertz CT molecular complexity index is 194. The Hall–Kier alpha value is 1.17. The van der Waals surface area contributed by atoms with Gasteiger partial charge in [0.2, 0.25) is 0 Å². The first-order valence-corrected chi connectivity index (χ1v) is 3.84. The van der Waals surface area contributed by atoms with Crippen LogP contribution in [0.4, 0.5) is 0 Å². The van der Waals surface area contributed by atoms with E-state index in [4.69, 9.17) is 10.2 Å². The Labute approximate surface area is 138 Å². The molecule has 74 valence electrons. The summed E-state index contributed by atoms with van der Waals surface area (Å²) in [7, 11) is 0. The molecule has 4 nitrogen and oxygen atoms in total. The third-order valence-electron chi connectivity index (χ3n) is 2.49. The van der Waals surface area contributed by atoms with Crippen LogP contribution in [0.1, 0.15) is 27.2 Å². The van der Waals surface area contributed by atoms with Gasteiger partial charge in [0.15, 0.2) is 5.41 Å². The van der Waals surface area contributed by atoms with E-state index in [2.05, 4.69) is 0 Å². The summed E-state index contributed by atoms with van der Waals surface area (Å²) in [6, 6.07) is 0. The van der Waals surface area contributed by atoms with E-state index < -0.39 is 17.4 Å². The molecular weight excluding hydrogens is 206 g/mol. The molecular formula is C8H16KLiO4. The van der Waals surface area contributed by atoms with Gasteiger partial charge in [0.05, 0.1) is 0 Å². The Kier molecular flexibility index (Phi) is 12.3. The summed E-state index contributed by atoms with van der Waals surface area (Å²) in [4.78, 5) is 21.4. The quantitative estimate of drug-likeness (QED) is 0.515. The van der Waals surface area contributed by atoms with Crippen LogP contribution in [0.3, 0.4) is 0 Å². The van der Waals surface area contributed by atoms with Crippen molar-refractivity contribution in [2.75, 3.05) is 0 Å². The van der Waals surface area contributed by atoms with Crippen LogP contribution in [0.25, 0.3) is 0 Å². The van der Waals surface area contributed by atoms with Gasteiger partial charge >= 0.3 is 82.2 Å². The zero-order valence-electron chi connectivity index (χ0n) is 7.50. The molecule has 1 atom stereocenters. The van der Waals surface area contributed by atoms with Gasteiger partial charge in [0, 0.05) is 0 Å². The van der Waals surface area contributed by atoms with Gasteiger partial charge < -0.3 is 10.2 Å². The van der Waals surface area contributed by atoms with Crippen LogP contribution in [-0.2, 0) is 9.59 Å². The molecule has 0 aliphatic rings. The van der Waals surface area contributed by atoms with Crippen LogP contribution in [0.15, 0.2) is 0 Å². The van der Waals surface area contributed by atoms with Crippen LogP contribution in [0.2, 0.25) is 0 Å². The summed E-state index contributed by atoms with van der Waals surface area (Å²) >= 11 is 0. The minimum absolute atomic E-state index is 0. The molecule has 0 amide bonds. The first-order chi connectivity index (χ1) is 5.37. The molecule has 1 unspecified atom stereocenters. The van der Waals surface area contributed by atoms with Crippen molar-refractivity contribution in [1.29, 1.82) is 0 Å². The molecule has 0 heterocycles. The Morgan fingerprint density at radius 1 is 1.29 bits per heavy atom. The van der Waals surface area contributed by atoms with Crippen LogP contribution < -0.4 is 0 Å². The van der Waals surface area contributed by atoms with E-state index in [1.54, 1.807) is 13.8 Å². The molecule has 0 saturated heterocycles. The Morgan fingerprint density at radius 3 is 1.64 bits per heavy atom. The molecule has 0 radical (unpaired) electrons. The van der Waals surface area contributed by atoms with Crippen molar-refractivity contribution >= 4 is 82.2 Å². The van der Waals surface area contributed by atoms with E-state index in [1.165, 1.54) is 6.92 Å². The fourth-order valence-electron chi connectivity index (χ4n) is 0.921. The molecule has 6 heteroatoms. The predicted molar refractivity (Wildman–Crippen MR) is 57.1 cm³/mol. The maximum atomic E-state index is 10.7. The summed E-state index contributed by atoms with van der Waals surface area (Å²) in [6.45, 7) is 4.64. The van der Waals surface area contributed by atoms with E-state index >= 15 is 0 Å². The SMILES string of the molecule is CCC(C)C(C)(C(=O)O)C(=O)O.[KH].[LiH]. The number of hydrogen-bond acceptors (Lipinski definition) is 2. The molecule has 14 heavy (non-hydrogen) atoms. The molecule has 0 spiro atoms. The summed E-state index contributed by atoms with van der Waals surface area (Å²) in [5, 5.41) is 17.4. The fraction of sp³-hybridized carbons (Fsp3) is 0.750. The van der Waals surface area contributed by atoms with Gasteiger partial charge in [0.1, 0.15) is 0 Å². The van der Waals surface area contributed by atoms with Gasteiger partial charge in [-0.25, -0.2) is 0 Å². The van der Waals surface area contributed by atoms with Crippen molar-refractivity contribution in [1.82, 2.24) is 0 Å².